The van der Waals surface area contributed by atoms with Gasteiger partial charge < -0.3 is 4.57 Å². The Morgan fingerprint density at radius 3 is 2.33 bits per heavy atom. The molecule has 2 N–H and O–H groups in total. The van der Waals surface area contributed by atoms with Crippen LogP contribution in [0.25, 0.3) is 11.4 Å². The molecular formula is C28H29N3O2. The molecule has 0 spiro atoms. The number of amides is 1. The average Bonchev–Trinajstić information content (AvgIpc) is 3.19. The largest absolute Gasteiger partial charge is 0.320 e. The fraction of sp³-hybridized carbons (Fsp3) is 0.214. The second kappa shape index (κ2) is 10.3. The number of rotatable bonds is 8. The van der Waals surface area contributed by atoms with Gasteiger partial charge in [0.25, 0.3) is 0 Å². The molecule has 0 bridgehead atoms. The molecule has 0 radical (unpaired) electrons. The third-order valence-corrected chi connectivity index (χ3v) is 6.04. The number of carbonyl (C=O) groups excluding carboxylic acids is 1. The van der Waals surface area contributed by atoms with Crippen LogP contribution in [-0.2, 0) is 17.6 Å². The average molecular weight is 440 g/mol. The summed E-state index contributed by atoms with van der Waals surface area (Å²) >= 11 is 0. The molecule has 1 unspecified atom stereocenters. The first-order chi connectivity index (χ1) is 16.1. The summed E-state index contributed by atoms with van der Waals surface area (Å²) in [5.74, 6) is 0.531. The molecule has 0 aliphatic heterocycles. The van der Waals surface area contributed by atoms with Crippen LogP contribution in [-0.4, -0.2) is 20.7 Å². The number of hydrogen-bond donors (Lipinski definition) is 2. The number of nitrogens with one attached hydrogen (secondary N) is 1. The molecule has 1 amide bonds. The van der Waals surface area contributed by atoms with Crippen LogP contribution in [0.3, 0.4) is 0 Å². The van der Waals surface area contributed by atoms with Gasteiger partial charge in [-0.25, -0.2) is 10.5 Å². The third-order valence-electron chi connectivity index (χ3n) is 6.04. The van der Waals surface area contributed by atoms with E-state index in [1.807, 2.05) is 24.3 Å². The first kappa shape index (κ1) is 22.5. The molecule has 5 heteroatoms. The minimum absolute atomic E-state index is 0.102. The Morgan fingerprint density at radius 2 is 1.64 bits per heavy atom. The molecule has 0 fully saturated rings. The number of imidazole rings is 1. The highest BCUT2D eigenvalue weighted by Gasteiger charge is 2.21. The van der Waals surface area contributed by atoms with E-state index in [9.17, 15) is 4.79 Å². The summed E-state index contributed by atoms with van der Waals surface area (Å²) in [7, 11) is 0. The Labute approximate surface area is 194 Å². The van der Waals surface area contributed by atoms with Gasteiger partial charge in [-0.1, -0.05) is 78.9 Å². The molecule has 5 nitrogen and oxygen atoms in total. The van der Waals surface area contributed by atoms with Gasteiger partial charge in [0.1, 0.15) is 5.82 Å². The van der Waals surface area contributed by atoms with Crippen molar-refractivity contribution in [1.82, 2.24) is 15.0 Å². The topological polar surface area (TPSA) is 67.2 Å². The van der Waals surface area contributed by atoms with Crippen molar-refractivity contribution in [2.75, 3.05) is 0 Å². The second-order valence-corrected chi connectivity index (χ2v) is 8.32. The molecule has 3 aromatic carbocycles. The van der Waals surface area contributed by atoms with Gasteiger partial charge in [-0.3, -0.25) is 10.0 Å². The standard InChI is InChI=1S/C28H29N3O2/c1-20-26(19-22-10-5-3-6-11-22)31(21(2)24-13-7-4-8-14-24)28(29-20)25-15-9-12-23(18-25)16-17-27(32)30-33/h3-15,18,21,33H,16-17,19H2,1-2H3,(H,30,32). The lowest BCUT2D eigenvalue weighted by Crippen LogP contribution is -2.18. The molecule has 0 saturated carbocycles. The van der Waals surface area contributed by atoms with Crippen LogP contribution < -0.4 is 5.48 Å². The number of hydrogen-bond acceptors (Lipinski definition) is 3. The molecule has 0 aliphatic carbocycles. The minimum atomic E-state index is -0.388. The monoisotopic (exact) mass is 439 g/mol. The van der Waals surface area contributed by atoms with Crippen molar-refractivity contribution in [3.8, 4) is 11.4 Å². The number of benzene rings is 3. The van der Waals surface area contributed by atoms with E-state index in [1.54, 1.807) is 5.48 Å². The lowest BCUT2D eigenvalue weighted by Gasteiger charge is -2.21. The molecular weight excluding hydrogens is 410 g/mol. The van der Waals surface area contributed by atoms with Gasteiger partial charge in [-0.15, -0.1) is 0 Å². The summed E-state index contributed by atoms with van der Waals surface area (Å²) in [5, 5.41) is 8.79. The van der Waals surface area contributed by atoms with E-state index >= 15 is 0 Å². The minimum Gasteiger partial charge on any atom is -0.320 e. The Morgan fingerprint density at radius 1 is 0.970 bits per heavy atom. The van der Waals surface area contributed by atoms with Crippen molar-refractivity contribution < 1.29 is 10.0 Å². The van der Waals surface area contributed by atoms with Crippen molar-refractivity contribution in [3.05, 3.63) is 113 Å². The van der Waals surface area contributed by atoms with Crippen LogP contribution >= 0.6 is 0 Å². The molecule has 0 saturated heterocycles. The maximum atomic E-state index is 11.5. The van der Waals surface area contributed by atoms with Crippen LogP contribution in [0.5, 0.6) is 0 Å². The van der Waals surface area contributed by atoms with E-state index in [1.165, 1.54) is 16.8 Å². The number of aryl methyl sites for hydroxylation is 2. The SMILES string of the molecule is Cc1nc(-c2cccc(CCC(=O)NO)c2)n(C(C)c2ccccc2)c1Cc1ccccc1. The van der Waals surface area contributed by atoms with Crippen molar-refractivity contribution in [2.45, 2.75) is 39.2 Å². The summed E-state index contributed by atoms with van der Waals surface area (Å²) in [4.78, 5) is 16.5. The van der Waals surface area contributed by atoms with Crippen LogP contribution in [0.4, 0.5) is 0 Å². The number of aromatic nitrogens is 2. The van der Waals surface area contributed by atoms with Gasteiger partial charge in [-0.05, 0) is 43.0 Å². The van der Waals surface area contributed by atoms with Crippen LogP contribution in [0.15, 0.2) is 84.9 Å². The Kier molecular flexibility index (Phi) is 7.01. The lowest BCUT2D eigenvalue weighted by atomic mass is 10.0. The normalized spacial score (nSPS) is 11.8. The van der Waals surface area contributed by atoms with Crippen molar-refractivity contribution in [1.29, 1.82) is 0 Å². The summed E-state index contributed by atoms with van der Waals surface area (Å²) in [6, 6.07) is 29.2. The zero-order valence-electron chi connectivity index (χ0n) is 19.0. The van der Waals surface area contributed by atoms with Crippen molar-refractivity contribution in [3.63, 3.8) is 0 Å². The lowest BCUT2D eigenvalue weighted by molar-refractivity contribution is -0.129. The summed E-state index contributed by atoms with van der Waals surface area (Å²) in [6.07, 6.45) is 1.57. The molecule has 1 heterocycles. The maximum absolute atomic E-state index is 11.5. The fourth-order valence-electron chi connectivity index (χ4n) is 4.26. The highest BCUT2D eigenvalue weighted by Crippen LogP contribution is 2.31. The summed E-state index contributed by atoms with van der Waals surface area (Å²) < 4.78 is 2.34. The van der Waals surface area contributed by atoms with E-state index < -0.39 is 0 Å². The van der Waals surface area contributed by atoms with E-state index in [0.717, 1.165) is 29.1 Å². The van der Waals surface area contributed by atoms with E-state index in [2.05, 4.69) is 79.1 Å². The molecule has 4 rings (SSSR count). The zero-order chi connectivity index (χ0) is 23.2. The van der Waals surface area contributed by atoms with E-state index in [-0.39, 0.29) is 18.4 Å². The number of nitrogens with zero attached hydrogens (tertiary/aromatic N) is 2. The van der Waals surface area contributed by atoms with Crippen molar-refractivity contribution >= 4 is 5.91 Å². The molecule has 0 aliphatic rings. The maximum Gasteiger partial charge on any atom is 0.243 e. The van der Waals surface area contributed by atoms with E-state index in [4.69, 9.17) is 10.2 Å². The quantitative estimate of drug-likeness (QED) is 0.282. The van der Waals surface area contributed by atoms with Gasteiger partial charge in [0.15, 0.2) is 0 Å². The Hall–Kier alpha value is -3.70. The van der Waals surface area contributed by atoms with Crippen LogP contribution in [0, 0.1) is 6.92 Å². The molecule has 4 aromatic rings. The van der Waals surface area contributed by atoms with E-state index in [0.29, 0.717) is 6.42 Å². The van der Waals surface area contributed by atoms with Gasteiger partial charge in [0.2, 0.25) is 5.91 Å². The van der Waals surface area contributed by atoms with Gasteiger partial charge in [0, 0.05) is 24.1 Å². The van der Waals surface area contributed by atoms with Crippen LogP contribution in [0.2, 0.25) is 0 Å². The second-order valence-electron chi connectivity index (χ2n) is 8.32. The van der Waals surface area contributed by atoms with Gasteiger partial charge in [-0.2, -0.15) is 0 Å². The Bertz CT molecular complexity index is 1220. The Balaban J connectivity index is 1.78. The fourth-order valence-corrected chi connectivity index (χ4v) is 4.26. The van der Waals surface area contributed by atoms with Gasteiger partial charge >= 0.3 is 0 Å². The smallest absolute Gasteiger partial charge is 0.243 e. The predicted molar refractivity (Wildman–Crippen MR) is 130 cm³/mol. The van der Waals surface area contributed by atoms with Gasteiger partial charge in [0.05, 0.1) is 11.7 Å². The highest BCUT2D eigenvalue weighted by atomic mass is 16.5. The molecule has 168 valence electrons. The predicted octanol–water partition coefficient (Wildman–Crippen LogP) is 5.50. The molecule has 1 atom stereocenters. The summed E-state index contributed by atoms with van der Waals surface area (Å²) in [6.45, 7) is 4.29. The molecule has 33 heavy (non-hydrogen) atoms. The van der Waals surface area contributed by atoms with Crippen LogP contribution in [0.1, 0.15) is 47.5 Å². The first-order valence-electron chi connectivity index (χ1n) is 11.3. The number of hydroxylamine groups is 1. The highest BCUT2D eigenvalue weighted by molar-refractivity contribution is 5.74. The first-order valence-corrected chi connectivity index (χ1v) is 11.3. The molecule has 1 aromatic heterocycles. The third kappa shape index (κ3) is 5.21. The summed E-state index contributed by atoms with van der Waals surface area (Å²) in [5.41, 5.74) is 8.42. The van der Waals surface area contributed by atoms with Crippen molar-refractivity contribution in [2.24, 2.45) is 0 Å². The zero-order valence-corrected chi connectivity index (χ0v) is 19.0. The number of carbonyl (C=O) groups is 1.